The summed E-state index contributed by atoms with van der Waals surface area (Å²) in [6, 6.07) is 21.2. The molecule has 1 amide bonds. The number of hydrazone groups is 1. The Balaban J connectivity index is 1.53. The number of hydrogen-bond donors (Lipinski definition) is 1. The molecule has 0 bridgehead atoms. The van der Waals surface area contributed by atoms with Gasteiger partial charge in [0.25, 0.3) is 5.91 Å². The number of aryl methyl sites for hydroxylation is 1. The van der Waals surface area contributed by atoms with E-state index in [1.807, 2.05) is 72.2 Å². The molecule has 0 atom stereocenters. The lowest BCUT2D eigenvalue weighted by Crippen LogP contribution is -2.20. The third-order valence-corrected chi connectivity index (χ3v) is 5.61. The monoisotopic (exact) mass is 458 g/mol. The van der Waals surface area contributed by atoms with Gasteiger partial charge in [0, 0.05) is 17.4 Å². The number of nitrogens with one attached hydrogen (secondary N) is 1. The lowest BCUT2D eigenvalue weighted by Gasteiger charge is -2.11. The minimum absolute atomic E-state index is 0.127. The molecule has 0 saturated heterocycles. The summed E-state index contributed by atoms with van der Waals surface area (Å²) in [6.07, 6.45) is 3.16. The van der Waals surface area contributed by atoms with Crippen LogP contribution < -0.4 is 10.2 Å². The van der Waals surface area contributed by atoms with Crippen LogP contribution >= 0.6 is 11.8 Å². The molecule has 8 nitrogen and oxygen atoms in total. The highest BCUT2D eigenvalue weighted by Gasteiger charge is 2.17. The minimum Gasteiger partial charge on any atom is -0.497 e. The molecule has 0 aliphatic heterocycles. The van der Waals surface area contributed by atoms with Crippen LogP contribution in [0.15, 0.2) is 83.2 Å². The number of carbonyl (C=O) groups excluding carboxylic acids is 1. The topological polar surface area (TPSA) is 94.3 Å². The van der Waals surface area contributed by atoms with E-state index < -0.39 is 0 Å². The first kappa shape index (κ1) is 22.2. The van der Waals surface area contributed by atoms with Gasteiger partial charge in [0.1, 0.15) is 5.75 Å². The van der Waals surface area contributed by atoms with Crippen molar-refractivity contribution in [1.82, 2.24) is 25.2 Å². The Morgan fingerprint density at radius 2 is 1.88 bits per heavy atom. The number of nitrogens with zero attached hydrogens (tertiary/aromatic N) is 5. The number of benzene rings is 2. The van der Waals surface area contributed by atoms with E-state index >= 15 is 0 Å². The molecule has 0 aliphatic carbocycles. The molecular weight excluding hydrogens is 436 g/mol. The fourth-order valence-electron chi connectivity index (χ4n) is 3.00. The van der Waals surface area contributed by atoms with Crippen LogP contribution in [-0.4, -0.2) is 44.7 Å². The minimum atomic E-state index is -0.256. The average molecular weight is 459 g/mol. The number of aromatic nitrogens is 4. The van der Waals surface area contributed by atoms with Crippen LogP contribution in [0.1, 0.15) is 11.3 Å². The van der Waals surface area contributed by atoms with E-state index in [0.717, 1.165) is 22.6 Å². The van der Waals surface area contributed by atoms with Gasteiger partial charge in [0.15, 0.2) is 11.0 Å². The molecular formula is C24H22N6O2S. The van der Waals surface area contributed by atoms with Crippen LogP contribution in [0, 0.1) is 6.92 Å². The predicted octanol–water partition coefficient (Wildman–Crippen LogP) is 3.89. The summed E-state index contributed by atoms with van der Waals surface area (Å²) in [5.74, 6) is 1.31. The lowest BCUT2D eigenvalue weighted by molar-refractivity contribution is -0.118. The molecule has 4 rings (SSSR count). The third kappa shape index (κ3) is 5.64. The smallest absolute Gasteiger partial charge is 0.250 e. The maximum atomic E-state index is 12.3. The van der Waals surface area contributed by atoms with E-state index in [1.165, 1.54) is 18.0 Å². The second-order valence-electron chi connectivity index (χ2n) is 7.04. The van der Waals surface area contributed by atoms with Gasteiger partial charge in [-0.3, -0.25) is 14.3 Å². The quantitative estimate of drug-likeness (QED) is 0.245. The molecule has 0 fully saturated rings. The summed E-state index contributed by atoms with van der Waals surface area (Å²) < 4.78 is 7.21. The van der Waals surface area contributed by atoms with Crippen LogP contribution in [-0.2, 0) is 4.79 Å². The van der Waals surface area contributed by atoms with Crippen molar-refractivity contribution in [2.45, 2.75) is 12.1 Å². The molecule has 2 heterocycles. The molecule has 9 heteroatoms. The molecule has 0 unspecified atom stereocenters. The van der Waals surface area contributed by atoms with Gasteiger partial charge < -0.3 is 4.74 Å². The van der Waals surface area contributed by atoms with Crippen LogP contribution in [0.4, 0.5) is 0 Å². The van der Waals surface area contributed by atoms with Gasteiger partial charge in [0.2, 0.25) is 0 Å². The molecule has 0 aliphatic rings. The summed E-state index contributed by atoms with van der Waals surface area (Å²) in [6.45, 7) is 2.04. The first-order valence-corrected chi connectivity index (χ1v) is 11.2. The number of hydrogen-bond acceptors (Lipinski definition) is 7. The lowest BCUT2D eigenvalue weighted by atomic mass is 10.1. The molecule has 1 N–H and O–H groups in total. The summed E-state index contributed by atoms with van der Waals surface area (Å²) in [5, 5.41) is 13.3. The number of carbonyl (C=O) groups is 1. The standard InChI is InChI=1S/C24H22N6O2S/c1-17-6-8-18(9-7-17)23-28-29-24(30(23)20-10-12-21(32-2)13-11-20)33-16-22(31)27-26-15-19-5-3-4-14-25-19/h3-15H,16H2,1-2H3,(H,27,31). The second kappa shape index (κ2) is 10.6. The van der Waals surface area contributed by atoms with E-state index in [0.29, 0.717) is 16.7 Å². The van der Waals surface area contributed by atoms with Gasteiger partial charge in [-0.15, -0.1) is 10.2 Å². The number of thioether (sulfide) groups is 1. The van der Waals surface area contributed by atoms with Crippen molar-refractivity contribution in [2.75, 3.05) is 12.9 Å². The number of amides is 1. The maximum Gasteiger partial charge on any atom is 0.250 e. The Morgan fingerprint density at radius 1 is 1.09 bits per heavy atom. The Morgan fingerprint density at radius 3 is 2.58 bits per heavy atom. The molecule has 2 aromatic carbocycles. The maximum absolute atomic E-state index is 12.3. The fourth-order valence-corrected chi connectivity index (χ4v) is 3.75. The summed E-state index contributed by atoms with van der Waals surface area (Å²) in [4.78, 5) is 16.4. The van der Waals surface area contributed by atoms with Crippen LogP contribution in [0.25, 0.3) is 17.1 Å². The van der Waals surface area contributed by atoms with Gasteiger partial charge in [-0.25, -0.2) is 5.43 Å². The normalized spacial score (nSPS) is 11.0. The highest BCUT2D eigenvalue weighted by atomic mass is 32.2. The average Bonchev–Trinajstić information content (AvgIpc) is 3.28. The fraction of sp³-hybridized carbons (Fsp3) is 0.125. The number of pyridine rings is 1. The van der Waals surface area contributed by atoms with Crippen LogP contribution in [0.5, 0.6) is 5.75 Å². The first-order valence-electron chi connectivity index (χ1n) is 10.2. The molecule has 2 aromatic heterocycles. The van der Waals surface area contributed by atoms with Crippen molar-refractivity contribution in [3.05, 3.63) is 84.2 Å². The summed E-state index contributed by atoms with van der Waals surface area (Å²) in [5.41, 5.74) is 6.13. The largest absolute Gasteiger partial charge is 0.497 e. The predicted molar refractivity (Wildman–Crippen MR) is 129 cm³/mol. The van der Waals surface area contributed by atoms with Crippen molar-refractivity contribution in [2.24, 2.45) is 5.10 Å². The zero-order valence-electron chi connectivity index (χ0n) is 18.2. The molecule has 0 saturated carbocycles. The van der Waals surface area contributed by atoms with Crippen molar-refractivity contribution >= 4 is 23.9 Å². The van der Waals surface area contributed by atoms with Gasteiger partial charge in [-0.2, -0.15) is 5.10 Å². The SMILES string of the molecule is COc1ccc(-n2c(SCC(=O)NN=Cc3ccccn3)nnc2-c2ccc(C)cc2)cc1. The van der Waals surface area contributed by atoms with Crippen LogP contribution in [0.2, 0.25) is 0 Å². The zero-order chi connectivity index (χ0) is 23.0. The molecule has 0 radical (unpaired) electrons. The molecule has 166 valence electrons. The number of rotatable bonds is 8. The van der Waals surface area contributed by atoms with Gasteiger partial charge >= 0.3 is 0 Å². The third-order valence-electron chi connectivity index (χ3n) is 4.68. The highest BCUT2D eigenvalue weighted by molar-refractivity contribution is 7.99. The van der Waals surface area contributed by atoms with E-state index in [2.05, 4.69) is 25.7 Å². The number of methoxy groups -OCH3 is 1. The Hall–Kier alpha value is -3.98. The molecule has 4 aromatic rings. The van der Waals surface area contributed by atoms with Gasteiger partial charge in [0.05, 0.1) is 24.8 Å². The van der Waals surface area contributed by atoms with Crippen molar-refractivity contribution in [3.63, 3.8) is 0 Å². The van der Waals surface area contributed by atoms with Crippen molar-refractivity contribution in [3.8, 4) is 22.8 Å². The molecule has 33 heavy (non-hydrogen) atoms. The van der Waals surface area contributed by atoms with E-state index in [-0.39, 0.29) is 11.7 Å². The van der Waals surface area contributed by atoms with E-state index in [1.54, 1.807) is 19.4 Å². The van der Waals surface area contributed by atoms with Crippen molar-refractivity contribution < 1.29 is 9.53 Å². The molecule has 0 spiro atoms. The van der Waals surface area contributed by atoms with Gasteiger partial charge in [-0.1, -0.05) is 47.7 Å². The first-order chi connectivity index (χ1) is 16.1. The van der Waals surface area contributed by atoms with E-state index in [9.17, 15) is 4.79 Å². The summed E-state index contributed by atoms with van der Waals surface area (Å²) in [7, 11) is 1.63. The van der Waals surface area contributed by atoms with Gasteiger partial charge in [-0.05, 0) is 43.3 Å². The zero-order valence-corrected chi connectivity index (χ0v) is 19.0. The van der Waals surface area contributed by atoms with Crippen molar-refractivity contribution in [1.29, 1.82) is 0 Å². The highest BCUT2D eigenvalue weighted by Crippen LogP contribution is 2.29. The Kier molecular flexibility index (Phi) is 7.11. The van der Waals surface area contributed by atoms with Crippen LogP contribution in [0.3, 0.4) is 0 Å². The second-order valence-corrected chi connectivity index (χ2v) is 7.98. The Labute approximate surface area is 195 Å². The number of ether oxygens (including phenoxy) is 1. The summed E-state index contributed by atoms with van der Waals surface area (Å²) >= 11 is 1.28. The van der Waals surface area contributed by atoms with E-state index in [4.69, 9.17) is 4.74 Å². The Bertz CT molecular complexity index is 1240.